The van der Waals surface area contributed by atoms with Gasteiger partial charge in [0.25, 0.3) is 5.91 Å². The van der Waals surface area contributed by atoms with Gasteiger partial charge in [0.2, 0.25) is 0 Å². The molecule has 0 fully saturated rings. The number of aryl methyl sites for hydroxylation is 3. The van der Waals surface area contributed by atoms with E-state index >= 15 is 0 Å². The van der Waals surface area contributed by atoms with Crippen LogP contribution in [0.25, 0.3) is 22.0 Å². The van der Waals surface area contributed by atoms with E-state index in [0.29, 0.717) is 46.6 Å². The van der Waals surface area contributed by atoms with Gasteiger partial charge in [-0.2, -0.15) is 18.3 Å². The largest absolute Gasteiger partial charge is 0.478 e. The first kappa shape index (κ1) is 28.1. The zero-order valence-electron chi connectivity index (χ0n) is 23.6. The van der Waals surface area contributed by atoms with E-state index in [9.17, 15) is 27.9 Å². The smallest absolute Gasteiger partial charge is 0.435 e. The van der Waals surface area contributed by atoms with Crippen LogP contribution in [0, 0.1) is 6.92 Å². The second-order valence-corrected chi connectivity index (χ2v) is 10.6. The Kier molecular flexibility index (Phi) is 6.79. The Balaban J connectivity index is 1.54. The Morgan fingerprint density at radius 1 is 1.05 bits per heavy atom. The molecule has 4 heterocycles. The van der Waals surface area contributed by atoms with E-state index < -0.39 is 23.7 Å². The molecule has 1 aliphatic heterocycles. The maximum Gasteiger partial charge on any atom is 0.435 e. The van der Waals surface area contributed by atoms with Gasteiger partial charge in [-0.25, -0.2) is 9.78 Å². The SMILES string of the molecule is CCc1cc(C(=O)O)c2nccc(N3CCc4c(cc(Cn5ccnc5C)cc4-c4cn(C)nc4C(F)(F)F)C3=O)c2c1. The third-order valence-corrected chi connectivity index (χ3v) is 7.85. The molecule has 0 atom stereocenters. The number of nitrogens with zero attached hydrogens (tertiary/aromatic N) is 6. The number of halogens is 3. The number of carbonyl (C=O) groups excluding carboxylic acids is 1. The number of hydrogen-bond acceptors (Lipinski definition) is 5. The number of amides is 1. The molecule has 1 amide bonds. The number of pyridine rings is 1. The molecular formula is C31H27F3N6O3. The topological polar surface area (TPSA) is 106 Å². The number of imidazole rings is 1. The molecule has 1 aliphatic rings. The van der Waals surface area contributed by atoms with E-state index in [1.807, 2.05) is 24.5 Å². The van der Waals surface area contributed by atoms with Gasteiger partial charge in [-0.1, -0.05) is 6.92 Å². The first-order valence-corrected chi connectivity index (χ1v) is 13.7. The van der Waals surface area contributed by atoms with Crippen LogP contribution in [0.5, 0.6) is 0 Å². The lowest BCUT2D eigenvalue weighted by Gasteiger charge is -2.31. The van der Waals surface area contributed by atoms with E-state index in [2.05, 4.69) is 15.1 Å². The van der Waals surface area contributed by atoms with Gasteiger partial charge in [0.1, 0.15) is 5.82 Å². The molecule has 0 spiro atoms. The number of carboxylic acids is 1. The second kappa shape index (κ2) is 10.4. The highest BCUT2D eigenvalue weighted by atomic mass is 19.4. The summed E-state index contributed by atoms with van der Waals surface area (Å²) >= 11 is 0. The van der Waals surface area contributed by atoms with E-state index in [1.165, 1.54) is 19.4 Å². The number of hydrogen-bond donors (Lipinski definition) is 1. The predicted octanol–water partition coefficient (Wildman–Crippen LogP) is 5.67. The van der Waals surface area contributed by atoms with Gasteiger partial charge >= 0.3 is 12.1 Å². The molecule has 5 aromatic rings. The lowest BCUT2D eigenvalue weighted by atomic mass is 9.87. The van der Waals surface area contributed by atoms with Gasteiger partial charge in [0.05, 0.1) is 16.8 Å². The minimum absolute atomic E-state index is 0.0394. The fourth-order valence-electron chi connectivity index (χ4n) is 5.79. The molecule has 3 aromatic heterocycles. The van der Waals surface area contributed by atoms with Crippen LogP contribution in [0.3, 0.4) is 0 Å². The maximum absolute atomic E-state index is 14.3. The second-order valence-electron chi connectivity index (χ2n) is 10.6. The summed E-state index contributed by atoms with van der Waals surface area (Å²) in [6.45, 7) is 4.20. The number of aromatic carboxylic acids is 1. The van der Waals surface area contributed by atoms with Crippen LogP contribution >= 0.6 is 0 Å². The summed E-state index contributed by atoms with van der Waals surface area (Å²) in [6.07, 6.45) is 2.35. The van der Waals surface area contributed by atoms with Crippen LogP contribution < -0.4 is 4.90 Å². The zero-order valence-corrected chi connectivity index (χ0v) is 23.6. The first-order chi connectivity index (χ1) is 20.5. The van der Waals surface area contributed by atoms with E-state index in [4.69, 9.17) is 0 Å². The van der Waals surface area contributed by atoms with Crippen LogP contribution in [-0.2, 0) is 32.6 Å². The third-order valence-electron chi connectivity index (χ3n) is 7.85. The number of rotatable bonds is 6. The van der Waals surface area contributed by atoms with Gasteiger partial charge in [-0.3, -0.25) is 14.5 Å². The summed E-state index contributed by atoms with van der Waals surface area (Å²) in [6, 6.07) is 8.50. The Morgan fingerprint density at radius 2 is 1.81 bits per heavy atom. The molecule has 0 bridgehead atoms. The number of carbonyl (C=O) groups is 2. The van der Waals surface area contributed by atoms with Crippen molar-refractivity contribution in [3.63, 3.8) is 0 Å². The molecule has 9 nitrogen and oxygen atoms in total. The van der Waals surface area contributed by atoms with Crippen molar-refractivity contribution >= 4 is 28.5 Å². The summed E-state index contributed by atoms with van der Waals surface area (Å²) in [5, 5.41) is 14.1. The van der Waals surface area contributed by atoms with Crippen LogP contribution in [0.2, 0.25) is 0 Å². The molecule has 0 aliphatic carbocycles. The summed E-state index contributed by atoms with van der Waals surface area (Å²) < 4.78 is 45.2. The molecule has 12 heteroatoms. The van der Waals surface area contributed by atoms with Crippen molar-refractivity contribution in [1.29, 1.82) is 0 Å². The molecule has 0 radical (unpaired) electrons. The number of anilines is 1. The Bertz CT molecular complexity index is 1920. The minimum atomic E-state index is -4.69. The van der Waals surface area contributed by atoms with E-state index in [0.717, 1.165) is 10.2 Å². The minimum Gasteiger partial charge on any atom is -0.478 e. The highest BCUT2D eigenvalue weighted by molar-refractivity contribution is 6.14. The molecule has 0 unspecified atom stereocenters. The number of aromatic nitrogens is 5. The number of benzene rings is 2. The van der Waals surface area contributed by atoms with Crippen molar-refractivity contribution in [2.24, 2.45) is 7.05 Å². The number of fused-ring (bicyclic) bond motifs is 2. The molecule has 1 N–H and O–H groups in total. The van der Waals surface area contributed by atoms with Crippen LogP contribution in [0.4, 0.5) is 18.9 Å². The van der Waals surface area contributed by atoms with E-state index in [-0.39, 0.29) is 35.2 Å². The lowest BCUT2D eigenvalue weighted by molar-refractivity contribution is -0.141. The molecule has 6 rings (SSSR count). The van der Waals surface area contributed by atoms with Crippen molar-refractivity contribution in [2.45, 2.75) is 39.4 Å². The monoisotopic (exact) mass is 588 g/mol. The van der Waals surface area contributed by atoms with Gasteiger partial charge in [-0.05, 0) is 72.4 Å². The zero-order chi connectivity index (χ0) is 30.6. The van der Waals surface area contributed by atoms with Crippen molar-refractivity contribution in [1.82, 2.24) is 24.3 Å². The van der Waals surface area contributed by atoms with Gasteiger partial charge in [-0.15, -0.1) is 0 Å². The normalized spacial score (nSPS) is 13.5. The van der Waals surface area contributed by atoms with Crippen LogP contribution in [0.1, 0.15) is 55.8 Å². The molecule has 0 saturated heterocycles. The first-order valence-electron chi connectivity index (χ1n) is 13.7. The molecular weight excluding hydrogens is 561 g/mol. The predicted molar refractivity (Wildman–Crippen MR) is 153 cm³/mol. The van der Waals surface area contributed by atoms with Crippen molar-refractivity contribution in [2.75, 3.05) is 11.4 Å². The maximum atomic E-state index is 14.3. The average Bonchev–Trinajstić information content (AvgIpc) is 3.57. The highest BCUT2D eigenvalue weighted by Gasteiger charge is 2.39. The van der Waals surface area contributed by atoms with Crippen molar-refractivity contribution in [3.8, 4) is 11.1 Å². The summed E-state index contributed by atoms with van der Waals surface area (Å²) in [5.74, 6) is -0.800. The lowest BCUT2D eigenvalue weighted by Crippen LogP contribution is -2.38. The summed E-state index contributed by atoms with van der Waals surface area (Å²) in [7, 11) is 1.43. The molecule has 2 aromatic carbocycles. The van der Waals surface area contributed by atoms with Crippen LogP contribution in [-0.4, -0.2) is 47.8 Å². The number of alkyl halides is 3. The van der Waals surface area contributed by atoms with Crippen LogP contribution in [0.15, 0.2) is 55.1 Å². The third kappa shape index (κ3) is 4.92. The quantitative estimate of drug-likeness (QED) is 0.274. The van der Waals surface area contributed by atoms with Gasteiger partial charge in [0, 0.05) is 61.4 Å². The average molecular weight is 589 g/mol. The van der Waals surface area contributed by atoms with Crippen molar-refractivity contribution < 1.29 is 27.9 Å². The Morgan fingerprint density at radius 3 is 2.49 bits per heavy atom. The summed E-state index contributed by atoms with van der Waals surface area (Å²) in [4.78, 5) is 36.4. The van der Waals surface area contributed by atoms with E-state index in [1.54, 1.807) is 41.6 Å². The Hall–Kier alpha value is -5.00. The fraction of sp³-hybridized carbons (Fsp3) is 0.258. The number of carboxylic acid groups (broad SMARTS) is 1. The van der Waals surface area contributed by atoms with Crippen molar-refractivity contribution in [3.05, 3.63) is 94.5 Å². The summed E-state index contributed by atoms with van der Waals surface area (Å²) in [5.41, 5.74) is 2.18. The Labute approximate surface area is 244 Å². The standard InChI is InChI=1S/C31H27F3N6O3/c1-4-18-11-23-26(5-7-36-27(23)24(12-18)30(42)43)40-9-6-20-21(25-16-38(3)37-28(25)31(32,33)34)13-19(14-22(20)29(40)41)15-39-10-8-35-17(39)2/h5,7-8,10-14,16H,4,6,9,15H2,1-3H3,(H,42,43). The highest BCUT2D eigenvalue weighted by Crippen LogP contribution is 2.41. The molecule has 43 heavy (non-hydrogen) atoms. The fourth-order valence-corrected chi connectivity index (χ4v) is 5.79. The molecule has 0 saturated carbocycles. The van der Waals surface area contributed by atoms with Gasteiger partial charge < -0.3 is 14.6 Å². The van der Waals surface area contributed by atoms with Gasteiger partial charge in [0.15, 0.2) is 5.69 Å². The molecule has 220 valence electrons.